The number of hydrogen-bond donors (Lipinski definition) is 1. The molecule has 0 aliphatic carbocycles. The molecule has 1 N–H and O–H groups in total. The lowest BCUT2D eigenvalue weighted by Gasteiger charge is -2.27. The Morgan fingerprint density at radius 2 is 2.11 bits per heavy atom. The third-order valence-corrected chi connectivity index (χ3v) is 2.84. The SMILES string of the molecule is Cn1ncc2c1C(C(=O)O)N(C(=O)OC(C)(C)C)C2. The molecule has 0 saturated carbocycles. The Labute approximate surface area is 110 Å². The van der Waals surface area contributed by atoms with Crippen LogP contribution in [0.4, 0.5) is 4.79 Å². The van der Waals surface area contributed by atoms with Crippen LogP contribution >= 0.6 is 0 Å². The highest BCUT2D eigenvalue weighted by atomic mass is 16.6. The Bertz CT molecular complexity index is 530. The number of aromatic nitrogens is 2. The molecular weight excluding hydrogens is 250 g/mol. The Morgan fingerprint density at radius 3 is 2.63 bits per heavy atom. The number of hydrogen-bond acceptors (Lipinski definition) is 4. The molecule has 1 aromatic heterocycles. The van der Waals surface area contributed by atoms with Gasteiger partial charge in [0.1, 0.15) is 5.60 Å². The van der Waals surface area contributed by atoms with Gasteiger partial charge in [-0.3, -0.25) is 9.58 Å². The summed E-state index contributed by atoms with van der Waals surface area (Å²) in [6, 6.07) is -1.04. The summed E-state index contributed by atoms with van der Waals surface area (Å²) in [7, 11) is 1.66. The van der Waals surface area contributed by atoms with Crippen LogP contribution in [-0.4, -0.2) is 37.5 Å². The zero-order valence-corrected chi connectivity index (χ0v) is 11.4. The van der Waals surface area contributed by atoms with Gasteiger partial charge in [0.05, 0.1) is 18.4 Å². The molecule has 7 heteroatoms. The molecule has 1 aliphatic heterocycles. The van der Waals surface area contributed by atoms with Crippen molar-refractivity contribution in [3.05, 3.63) is 17.5 Å². The van der Waals surface area contributed by atoms with Crippen LogP contribution in [0, 0.1) is 0 Å². The minimum Gasteiger partial charge on any atom is -0.479 e. The molecule has 1 atom stereocenters. The quantitative estimate of drug-likeness (QED) is 0.829. The van der Waals surface area contributed by atoms with Gasteiger partial charge in [0.2, 0.25) is 0 Å². The first-order valence-corrected chi connectivity index (χ1v) is 5.94. The van der Waals surface area contributed by atoms with Gasteiger partial charge >= 0.3 is 12.1 Å². The van der Waals surface area contributed by atoms with Crippen LogP contribution in [-0.2, 0) is 23.1 Å². The molecule has 1 amide bonds. The average Bonchev–Trinajstić information content (AvgIpc) is 2.76. The lowest BCUT2D eigenvalue weighted by Crippen LogP contribution is -2.39. The monoisotopic (exact) mass is 267 g/mol. The molecule has 0 bridgehead atoms. The molecule has 0 spiro atoms. The van der Waals surface area contributed by atoms with Crippen molar-refractivity contribution >= 4 is 12.1 Å². The number of carbonyl (C=O) groups is 2. The van der Waals surface area contributed by atoms with Gasteiger partial charge < -0.3 is 9.84 Å². The second kappa shape index (κ2) is 4.25. The van der Waals surface area contributed by atoms with E-state index in [9.17, 15) is 14.7 Å². The van der Waals surface area contributed by atoms with Gasteiger partial charge in [-0.05, 0) is 20.8 Å². The van der Waals surface area contributed by atoms with Crippen LogP contribution in [0.5, 0.6) is 0 Å². The van der Waals surface area contributed by atoms with E-state index in [1.54, 1.807) is 34.0 Å². The summed E-state index contributed by atoms with van der Waals surface area (Å²) < 4.78 is 6.72. The summed E-state index contributed by atoms with van der Waals surface area (Å²) in [5.74, 6) is -1.09. The molecule has 7 nitrogen and oxygen atoms in total. The summed E-state index contributed by atoms with van der Waals surface area (Å²) in [5, 5.41) is 13.3. The first-order valence-electron chi connectivity index (χ1n) is 5.94. The van der Waals surface area contributed by atoms with E-state index in [1.165, 1.54) is 9.58 Å². The molecule has 2 rings (SSSR count). The molecule has 0 radical (unpaired) electrons. The molecule has 1 aliphatic rings. The Kier molecular flexibility index (Phi) is 3.00. The van der Waals surface area contributed by atoms with E-state index in [2.05, 4.69) is 5.10 Å². The highest BCUT2D eigenvalue weighted by Gasteiger charge is 2.43. The maximum atomic E-state index is 12.1. The number of carboxylic acids is 1. The molecule has 1 aromatic rings. The first-order chi connectivity index (χ1) is 8.70. The number of amides is 1. The van der Waals surface area contributed by atoms with Crippen LogP contribution in [0.2, 0.25) is 0 Å². The maximum Gasteiger partial charge on any atom is 0.411 e. The van der Waals surface area contributed by atoms with Crippen molar-refractivity contribution < 1.29 is 19.4 Å². The topological polar surface area (TPSA) is 84.7 Å². The summed E-state index contributed by atoms with van der Waals surface area (Å²) in [5.41, 5.74) is 0.604. The van der Waals surface area contributed by atoms with Crippen LogP contribution in [0.15, 0.2) is 6.20 Å². The first kappa shape index (κ1) is 13.4. The number of rotatable bonds is 1. The summed E-state index contributed by atoms with van der Waals surface area (Å²) >= 11 is 0. The number of nitrogens with zero attached hydrogens (tertiary/aromatic N) is 3. The molecule has 1 unspecified atom stereocenters. The average molecular weight is 267 g/mol. The van der Waals surface area contributed by atoms with Gasteiger partial charge in [0.25, 0.3) is 0 Å². The lowest BCUT2D eigenvalue weighted by atomic mass is 10.2. The molecular formula is C12H17N3O4. The van der Waals surface area contributed by atoms with E-state index in [1.807, 2.05) is 0 Å². The largest absolute Gasteiger partial charge is 0.479 e. The molecule has 19 heavy (non-hydrogen) atoms. The van der Waals surface area contributed by atoms with E-state index >= 15 is 0 Å². The number of aliphatic carboxylic acids is 1. The van der Waals surface area contributed by atoms with Gasteiger partial charge in [-0.2, -0.15) is 5.10 Å². The number of carboxylic acid groups (broad SMARTS) is 1. The van der Waals surface area contributed by atoms with Crippen molar-refractivity contribution in [3.63, 3.8) is 0 Å². The van der Waals surface area contributed by atoms with E-state index < -0.39 is 23.7 Å². The number of ether oxygens (including phenoxy) is 1. The fraction of sp³-hybridized carbons (Fsp3) is 0.583. The Balaban J connectivity index is 2.29. The van der Waals surface area contributed by atoms with E-state index in [4.69, 9.17) is 4.74 Å². The number of fused-ring (bicyclic) bond motifs is 1. The number of aryl methyl sites for hydroxylation is 1. The second-order valence-corrected chi connectivity index (χ2v) is 5.53. The Hall–Kier alpha value is -2.05. The van der Waals surface area contributed by atoms with Gasteiger partial charge in [-0.15, -0.1) is 0 Å². The van der Waals surface area contributed by atoms with Gasteiger partial charge in [-0.25, -0.2) is 9.59 Å². The van der Waals surface area contributed by atoms with E-state index in [0.29, 0.717) is 5.69 Å². The summed E-state index contributed by atoms with van der Waals surface area (Å²) in [4.78, 5) is 24.7. The third kappa shape index (κ3) is 2.40. The second-order valence-electron chi connectivity index (χ2n) is 5.53. The van der Waals surface area contributed by atoms with Gasteiger partial charge in [0.15, 0.2) is 6.04 Å². The van der Waals surface area contributed by atoms with Crippen molar-refractivity contribution in [1.82, 2.24) is 14.7 Å². The fourth-order valence-corrected chi connectivity index (χ4v) is 2.13. The van der Waals surface area contributed by atoms with E-state index in [-0.39, 0.29) is 6.54 Å². The third-order valence-electron chi connectivity index (χ3n) is 2.84. The zero-order chi connectivity index (χ0) is 14.4. The normalized spacial score (nSPS) is 18.3. The van der Waals surface area contributed by atoms with Crippen molar-refractivity contribution in [2.75, 3.05) is 0 Å². The smallest absolute Gasteiger partial charge is 0.411 e. The van der Waals surface area contributed by atoms with Crippen molar-refractivity contribution in [3.8, 4) is 0 Å². The minimum absolute atomic E-state index is 0.203. The molecule has 0 fully saturated rings. The molecule has 2 heterocycles. The fourth-order valence-electron chi connectivity index (χ4n) is 2.13. The van der Waals surface area contributed by atoms with Crippen LogP contribution in [0.25, 0.3) is 0 Å². The summed E-state index contributed by atoms with van der Waals surface area (Å²) in [6.45, 7) is 5.43. The molecule has 104 valence electrons. The predicted octanol–water partition coefficient (Wildman–Crippen LogP) is 1.30. The predicted molar refractivity (Wildman–Crippen MR) is 65.4 cm³/mol. The van der Waals surface area contributed by atoms with E-state index in [0.717, 1.165) is 5.56 Å². The minimum atomic E-state index is -1.09. The lowest BCUT2D eigenvalue weighted by molar-refractivity contribution is -0.143. The standard InChI is InChI=1S/C12H17N3O4/c1-12(2,3)19-11(18)15-6-7-5-13-14(4)8(7)9(15)10(16)17/h5,9H,6H2,1-4H3,(H,16,17). The van der Waals surface area contributed by atoms with Crippen LogP contribution in [0.3, 0.4) is 0 Å². The summed E-state index contributed by atoms with van der Waals surface area (Å²) in [6.07, 6.45) is 0.950. The van der Waals surface area contributed by atoms with Crippen molar-refractivity contribution in [2.24, 2.45) is 7.05 Å². The van der Waals surface area contributed by atoms with Crippen molar-refractivity contribution in [1.29, 1.82) is 0 Å². The zero-order valence-electron chi connectivity index (χ0n) is 11.4. The highest BCUT2D eigenvalue weighted by molar-refractivity contribution is 5.83. The highest BCUT2D eigenvalue weighted by Crippen LogP contribution is 2.34. The maximum absolute atomic E-state index is 12.1. The van der Waals surface area contributed by atoms with Gasteiger partial charge in [-0.1, -0.05) is 0 Å². The molecule has 0 aromatic carbocycles. The molecule has 0 saturated heterocycles. The number of carbonyl (C=O) groups excluding carboxylic acids is 1. The van der Waals surface area contributed by atoms with Crippen molar-refractivity contribution in [2.45, 2.75) is 39.0 Å². The van der Waals surface area contributed by atoms with Crippen LogP contribution < -0.4 is 0 Å². The van der Waals surface area contributed by atoms with Crippen LogP contribution in [0.1, 0.15) is 38.1 Å². The van der Waals surface area contributed by atoms with Gasteiger partial charge in [0, 0.05) is 12.6 Å². The Morgan fingerprint density at radius 1 is 1.47 bits per heavy atom.